The first-order chi connectivity index (χ1) is 13.7. The minimum Gasteiger partial charge on any atom is -0.0616 e. The highest BCUT2D eigenvalue weighted by molar-refractivity contribution is 5.83. The highest BCUT2D eigenvalue weighted by Gasteiger charge is 2.18. The Kier molecular flexibility index (Phi) is 5.30. The molecule has 0 unspecified atom stereocenters. The van der Waals surface area contributed by atoms with Crippen LogP contribution in [-0.2, 0) is 19.3 Å². The van der Waals surface area contributed by atoms with E-state index in [1.165, 1.54) is 49.7 Å². The Bertz CT molecular complexity index is 1070. The fourth-order valence-corrected chi connectivity index (χ4v) is 4.01. The standard InChI is InChI=1S/C17H18.C11H10/c1-3-12-5-7-14-11-15-8-6-13(4-2)10-17(15)16(14)9-12;1-9-6-7-10-4-2-3-5-11(10)8-9/h5-10H,3-4,11H2,1-2H3;2-8H,1H3. The van der Waals surface area contributed by atoms with Crippen molar-refractivity contribution in [1.29, 1.82) is 0 Å². The number of hydrogen-bond acceptors (Lipinski definition) is 0. The van der Waals surface area contributed by atoms with Crippen LogP contribution in [0, 0.1) is 6.92 Å². The fraction of sp³-hybridized carbons (Fsp3) is 0.214. The third-order valence-electron chi connectivity index (χ3n) is 5.74. The second-order valence-electron chi connectivity index (χ2n) is 7.72. The van der Waals surface area contributed by atoms with Gasteiger partial charge in [0.25, 0.3) is 0 Å². The van der Waals surface area contributed by atoms with Crippen molar-refractivity contribution in [3.05, 3.63) is 107 Å². The number of hydrogen-bond donors (Lipinski definition) is 0. The van der Waals surface area contributed by atoms with E-state index in [0.29, 0.717) is 0 Å². The minimum atomic E-state index is 1.11. The molecule has 1 aliphatic rings. The number of fused-ring (bicyclic) bond motifs is 4. The molecular weight excluding hydrogens is 336 g/mol. The number of aryl methyl sites for hydroxylation is 3. The predicted molar refractivity (Wildman–Crippen MR) is 122 cm³/mol. The smallest absolute Gasteiger partial charge is 0.00134 e. The first-order valence-corrected chi connectivity index (χ1v) is 10.4. The van der Waals surface area contributed by atoms with E-state index in [9.17, 15) is 0 Å². The molecule has 0 spiro atoms. The summed E-state index contributed by atoms with van der Waals surface area (Å²) in [4.78, 5) is 0. The summed E-state index contributed by atoms with van der Waals surface area (Å²) >= 11 is 0. The molecule has 0 nitrogen and oxygen atoms in total. The van der Waals surface area contributed by atoms with Gasteiger partial charge in [0, 0.05) is 0 Å². The van der Waals surface area contributed by atoms with Gasteiger partial charge in [0.15, 0.2) is 0 Å². The van der Waals surface area contributed by atoms with Crippen LogP contribution in [0.3, 0.4) is 0 Å². The Labute approximate surface area is 168 Å². The van der Waals surface area contributed by atoms with Crippen molar-refractivity contribution >= 4 is 10.8 Å². The van der Waals surface area contributed by atoms with Gasteiger partial charge < -0.3 is 0 Å². The van der Waals surface area contributed by atoms with E-state index < -0.39 is 0 Å². The topological polar surface area (TPSA) is 0 Å². The van der Waals surface area contributed by atoms with Crippen LogP contribution < -0.4 is 0 Å². The quantitative estimate of drug-likeness (QED) is 0.304. The van der Waals surface area contributed by atoms with E-state index in [0.717, 1.165) is 19.3 Å². The molecule has 0 saturated carbocycles. The Morgan fingerprint density at radius 2 is 1.18 bits per heavy atom. The lowest BCUT2D eigenvalue weighted by molar-refractivity contribution is 1.13. The minimum absolute atomic E-state index is 1.11. The van der Waals surface area contributed by atoms with Gasteiger partial charge in [-0.1, -0.05) is 98.3 Å². The van der Waals surface area contributed by atoms with Gasteiger partial charge in [0.05, 0.1) is 0 Å². The first-order valence-electron chi connectivity index (χ1n) is 10.4. The molecule has 0 heterocycles. The molecule has 4 aromatic rings. The zero-order chi connectivity index (χ0) is 19.5. The van der Waals surface area contributed by atoms with E-state index in [1.54, 1.807) is 0 Å². The van der Waals surface area contributed by atoms with Crippen LogP contribution >= 0.6 is 0 Å². The zero-order valence-corrected chi connectivity index (χ0v) is 17.1. The monoisotopic (exact) mass is 364 g/mol. The largest absolute Gasteiger partial charge is 0.0616 e. The van der Waals surface area contributed by atoms with Crippen LogP contribution in [-0.4, -0.2) is 0 Å². The Morgan fingerprint density at radius 3 is 1.75 bits per heavy atom. The molecule has 0 amide bonds. The fourth-order valence-electron chi connectivity index (χ4n) is 4.01. The van der Waals surface area contributed by atoms with Gasteiger partial charge in [-0.25, -0.2) is 0 Å². The van der Waals surface area contributed by atoms with Crippen molar-refractivity contribution in [3.63, 3.8) is 0 Å². The van der Waals surface area contributed by atoms with Crippen LogP contribution in [0.15, 0.2) is 78.9 Å². The Balaban J connectivity index is 0.000000151. The molecule has 0 fully saturated rings. The zero-order valence-electron chi connectivity index (χ0n) is 17.1. The summed E-state index contributed by atoms with van der Waals surface area (Å²) in [6.07, 6.45) is 3.35. The molecule has 0 bridgehead atoms. The van der Waals surface area contributed by atoms with E-state index >= 15 is 0 Å². The molecule has 140 valence electrons. The van der Waals surface area contributed by atoms with Crippen LogP contribution in [0.5, 0.6) is 0 Å². The van der Waals surface area contributed by atoms with E-state index in [4.69, 9.17) is 0 Å². The second-order valence-corrected chi connectivity index (χ2v) is 7.72. The summed E-state index contributed by atoms with van der Waals surface area (Å²) in [6.45, 7) is 6.56. The third-order valence-corrected chi connectivity index (χ3v) is 5.74. The summed E-state index contributed by atoms with van der Waals surface area (Å²) < 4.78 is 0. The maximum atomic E-state index is 2.38. The second kappa shape index (κ2) is 8.02. The maximum Gasteiger partial charge on any atom is -0.00134 e. The van der Waals surface area contributed by atoms with Crippen LogP contribution in [0.1, 0.15) is 41.7 Å². The van der Waals surface area contributed by atoms with E-state index in [1.807, 2.05) is 0 Å². The molecule has 0 saturated heterocycles. The molecule has 0 atom stereocenters. The Morgan fingerprint density at radius 1 is 0.607 bits per heavy atom. The lowest BCUT2D eigenvalue weighted by Gasteiger charge is -2.05. The molecule has 0 radical (unpaired) electrons. The summed E-state index contributed by atoms with van der Waals surface area (Å²) in [5.74, 6) is 0. The molecule has 0 aromatic heterocycles. The molecular formula is C28H28. The first kappa shape index (κ1) is 18.5. The van der Waals surface area contributed by atoms with Crippen molar-refractivity contribution in [2.75, 3.05) is 0 Å². The van der Waals surface area contributed by atoms with E-state index in [-0.39, 0.29) is 0 Å². The summed E-state index contributed by atoms with van der Waals surface area (Å²) in [5.41, 5.74) is 10.1. The van der Waals surface area contributed by atoms with Crippen LogP contribution in [0.4, 0.5) is 0 Å². The van der Waals surface area contributed by atoms with Crippen molar-refractivity contribution in [3.8, 4) is 11.1 Å². The highest BCUT2D eigenvalue weighted by atomic mass is 14.2. The summed E-state index contributed by atoms with van der Waals surface area (Å²) in [6, 6.07) is 28.8. The number of benzene rings is 4. The van der Waals surface area contributed by atoms with Crippen LogP contribution in [0.25, 0.3) is 21.9 Å². The average Bonchev–Trinajstić information content (AvgIpc) is 3.11. The molecule has 1 aliphatic carbocycles. The van der Waals surface area contributed by atoms with Gasteiger partial charge in [-0.3, -0.25) is 0 Å². The molecule has 0 N–H and O–H groups in total. The molecule has 5 rings (SSSR count). The van der Waals surface area contributed by atoms with Gasteiger partial charge in [0.1, 0.15) is 0 Å². The van der Waals surface area contributed by atoms with Crippen molar-refractivity contribution in [2.45, 2.75) is 40.0 Å². The number of rotatable bonds is 2. The van der Waals surface area contributed by atoms with E-state index in [2.05, 4.69) is 99.6 Å². The highest BCUT2D eigenvalue weighted by Crippen LogP contribution is 2.37. The van der Waals surface area contributed by atoms with Crippen molar-refractivity contribution in [2.24, 2.45) is 0 Å². The van der Waals surface area contributed by atoms with Gasteiger partial charge >= 0.3 is 0 Å². The molecule has 28 heavy (non-hydrogen) atoms. The Hall–Kier alpha value is -2.86. The van der Waals surface area contributed by atoms with Gasteiger partial charge in [-0.2, -0.15) is 0 Å². The SMILES string of the molecule is CCc1ccc2c(c1)-c1cc(CC)ccc1C2.Cc1ccc2ccccc2c1. The van der Waals surface area contributed by atoms with Crippen molar-refractivity contribution < 1.29 is 0 Å². The van der Waals surface area contributed by atoms with Gasteiger partial charge in [-0.15, -0.1) is 0 Å². The van der Waals surface area contributed by atoms with Crippen LogP contribution in [0.2, 0.25) is 0 Å². The summed E-state index contributed by atoms with van der Waals surface area (Å²) in [7, 11) is 0. The summed E-state index contributed by atoms with van der Waals surface area (Å²) in [5, 5.41) is 2.64. The average molecular weight is 365 g/mol. The van der Waals surface area contributed by atoms with Gasteiger partial charge in [-0.05, 0) is 70.3 Å². The lowest BCUT2D eigenvalue weighted by Crippen LogP contribution is -1.85. The maximum absolute atomic E-state index is 2.38. The third kappa shape index (κ3) is 3.73. The van der Waals surface area contributed by atoms with Crippen molar-refractivity contribution in [1.82, 2.24) is 0 Å². The lowest BCUT2D eigenvalue weighted by atomic mass is 10.00. The molecule has 0 aliphatic heterocycles. The predicted octanol–water partition coefficient (Wildman–Crippen LogP) is 7.53. The van der Waals surface area contributed by atoms with Gasteiger partial charge in [0.2, 0.25) is 0 Å². The molecule has 0 heteroatoms. The normalized spacial score (nSPS) is 11.5. The molecule has 4 aromatic carbocycles.